The van der Waals surface area contributed by atoms with Crippen molar-refractivity contribution in [3.05, 3.63) is 35.4 Å². The van der Waals surface area contributed by atoms with Crippen LogP contribution in [0.5, 0.6) is 0 Å². The maximum absolute atomic E-state index is 12.7. The van der Waals surface area contributed by atoms with Gasteiger partial charge >= 0.3 is 5.97 Å². The first-order valence-electron chi connectivity index (χ1n) is 6.65. The van der Waals surface area contributed by atoms with Crippen LogP contribution in [-0.2, 0) is 11.4 Å². The van der Waals surface area contributed by atoms with Crippen molar-refractivity contribution in [3.8, 4) is 0 Å². The molecular weight excluding hydrogens is 324 g/mol. The number of Topliss-reactive ketones (excluding diaryl/α,β-unsaturated/α-hetero) is 1. The maximum atomic E-state index is 12.7. The average Bonchev–Trinajstić information content (AvgIpc) is 2.46. The summed E-state index contributed by atoms with van der Waals surface area (Å²) in [5, 5.41) is 18.3. The number of halogens is 1. The van der Waals surface area contributed by atoms with Crippen molar-refractivity contribution in [3.63, 3.8) is 0 Å². The Balaban J connectivity index is 2.30. The number of aliphatic hydroxyl groups excluding tert-OH is 1. The molecule has 2 unspecified atom stereocenters. The van der Waals surface area contributed by atoms with Gasteiger partial charge in [0.1, 0.15) is 4.32 Å². The third-order valence-corrected chi connectivity index (χ3v) is 5.22. The number of rotatable bonds is 4. The summed E-state index contributed by atoms with van der Waals surface area (Å²) in [5.41, 5.74) is 1.20. The van der Waals surface area contributed by atoms with E-state index in [1.165, 1.54) is 0 Å². The predicted molar refractivity (Wildman–Crippen MR) is 77.9 cm³/mol. The van der Waals surface area contributed by atoms with Gasteiger partial charge in [-0.1, -0.05) is 53.0 Å². The van der Waals surface area contributed by atoms with Crippen LogP contribution in [0, 0.1) is 5.92 Å². The monoisotopic (exact) mass is 340 g/mol. The fraction of sp³-hybridized carbons (Fsp3) is 0.467. The lowest BCUT2D eigenvalue weighted by Crippen LogP contribution is -2.46. The van der Waals surface area contributed by atoms with Crippen LogP contribution in [0.2, 0.25) is 0 Å². The van der Waals surface area contributed by atoms with Crippen molar-refractivity contribution < 1.29 is 19.8 Å². The highest BCUT2D eigenvalue weighted by atomic mass is 79.9. The van der Waals surface area contributed by atoms with Gasteiger partial charge in [-0.05, 0) is 18.4 Å². The van der Waals surface area contributed by atoms with Crippen LogP contribution >= 0.6 is 15.9 Å². The molecule has 2 atom stereocenters. The number of carboxylic acid groups (broad SMARTS) is 1. The van der Waals surface area contributed by atoms with Crippen LogP contribution in [0.3, 0.4) is 0 Å². The van der Waals surface area contributed by atoms with E-state index in [4.69, 9.17) is 5.11 Å². The first-order valence-corrected chi connectivity index (χ1v) is 7.44. The number of ketones is 1. The molecule has 1 aliphatic rings. The molecule has 20 heavy (non-hydrogen) atoms. The van der Waals surface area contributed by atoms with E-state index in [0.29, 0.717) is 18.4 Å². The van der Waals surface area contributed by atoms with Crippen molar-refractivity contribution in [2.24, 2.45) is 5.92 Å². The van der Waals surface area contributed by atoms with E-state index in [1.54, 1.807) is 24.3 Å². The van der Waals surface area contributed by atoms with E-state index >= 15 is 0 Å². The van der Waals surface area contributed by atoms with Gasteiger partial charge in [-0.15, -0.1) is 0 Å². The molecule has 1 aliphatic carbocycles. The molecule has 0 heterocycles. The maximum Gasteiger partial charge on any atom is 0.308 e. The molecule has 0 radical (unpaired) electrons. The van der Waals surface area contributed by atoms with E-state index in [-0.39, 0.29) is 12.4 Å². The summed E-state index contributed by atoms with van der Waals surface area (Å²) < 4.78 is -1.02. The number of benzene rings is 1. The zero-order chi connectivity index (χ0) is 14.8. The molecule has 0 aromatic heterocycles. The predicted octanol–water partition coefficient (Wildman–Crippen LogP) is 2.77. The molecule has 5 heteroatoms. The highest BCUT2D eigenvalue weighted by molar-refractivity contribution is 9.10. The van der Waals surface area contributed by atoms with Gasteiger partial charge in [-0.2, -0.15) is 0 Å². The summed E-state index contributed by atoms with van der Waals surface area (Å²) in [4.78, 5) is 24.1. The zero-order valence-corrected chi connectivity index (χ0v) is 12.6. The molecule has 1 aromatic rings. The molecule has 1 fully saturated rings. The van der Waals surface area contributed by atoms with Crippen LogP contribution in [0.15, 0.2) is 24.3 Å². The largest absolute Gasteiger partial charge is 0.481 e. The second-order valence-corrected chi connectivity index (χ2v) is 6.60. The highest BCUT2D eigenvalue weighted by Crippen LogP contribution is 2.43. The Hall–Kier alpha value is -1.20. The Bertz CT molecular complexity index is 511. The molecule has 0 spiro atoms. The summed E-state index contributed by atoms with van der Waals surface area (Å²) in [6.45, 7) is -0.0777. The fourth-order valence-electron chi connectivity index (χ4n) is 2.73. The van der Waals surface area contributed by atoms with E-state index in [0.717, 1.165) is 18.4 Å². The lowest BCUT2D eigenvalue weighted by Gasteiger charge is -2.35. The lowest BCUT2D eigenvalue weighted by molar-refractivity contribution is -0.143. The molecule has 0 aliphatic heterocycles. The Kier molecular flexibility index (Phi) is 4.60. The molecule has 2 N–H and O–H groups in total. The standard InChI is InChI=1S/C15H17BrO4/c16-15(8-2-1-3-12(15)14(19)20)13(18)11-6-4-10(9-17)5-7-11/h4-7,12,17H,1-3,8-9H2,(H,19,20). The smallest absolute Gasteiger partial charge is 0.308 e. The molecule has 0 bridgehead atoms. The van der Waals surface area contributed by atoms with Gasteiger partial charge in [-0.25, -0.2) is 0 Å². The first kappa shape index (κ1) is 15.2. The van der Waals surface area contributed by atoms with Gasteiger partial charge in [0.25, 0.3) is 0 Å². The minimum Gasteiger partial charge on any atom is -0.481 e. The number of hydrogen-bond donors (Lipinski definition) is 2. The third-order valence-electron chi connectivity index (χ3n) is 3.91. The molecule has 0 amide bonds. The number of carbonyl (C=O) groups excluding carboxylic acids is 1. The molecule has 1 aromatic carbocycles. The van der Waals surface area contributed by atoms with Gasteiger partial charge < -0.3 is 10.2 Å². The number of carbonyl (C=O) groups is 2. The van der Waals surface area contributed by atoms with E-state index in [9.17, 15) is 14.7 Å². The lowest BCUT2D eigenvalue weighted by atomic mass is 9.75. The third kappa shape index (κ3) is 2.79. The number of aliphatic carboxylic acids is 1. The Morgan fingerprint density at radius 1 is 1.25 bits per heavy atom. The Morgan fingerprint density at radius 2 is 1.90 bits per heavy atom. The fourth-order valence-corrected chi connectivity index (χ4v) is 3.66. The molecule has 2 rings (SSSR count). The highest BCUT2D eigenvalue weighted by Gasteiger charge is 2.48. The summed E-state index contributed by atoms with van der Waals surface area (Å²) in [5.74, 6) is -1.81. The van der Waals surface area contributed by atoms with Crippen molar-refractivity contribution in [2.75, 3.05) is 0 Å². The van der Waals surface area contributed by atoms with Gasteiger partial charge in [0.05, 0.1) is 12.5 Å². The van der Waals surface area contributed by atoms with Gasteiger partial charge in [0, 0.05) is 5.56 Å². The summed E-state index contributed by atoms with van der Waals surface area (Å²) in [7, 11) is 0. The van der Waals surface area contributed by atoms with Crippen molar-refractivity contribution in [1.82, 2.24) is 0 Å². The van der Waals surface area contributed by atoms with Crippen LogP contribution in [0.1, 0.15) is 41.6 Å². The number of hydrogen-bond acceptors (Lipinski definition) is 3. The summed E-state index contributed by atoms with van der Waals surface area (Å²) >= 11 is 3.42. The second-order valence-electron chi connectivity index (χ2n) is 5.18. The Labute approximate surface area is 125 Å². The number of carboxylic acids is 1. The van der Waals surface area contributed by atoms with Gasteiger partial charge in [-0.3, -0.25) is 9.59 Å². The topological polar surface area (TPSA) is 74.6 Å². The molecule has 4 nitrogen and oxygen atoms in total. The average molecular weight is 341 g/mol. The van der Waals surface area contributed by atoms with Gasteiger partial charge in [0.2, 0.25) is 0 Å². The molecule has 0 saturated heterocycles. The zero-order valence-electron chi connectivity index (χ0n) is 11.0. The minimum atomic E-state index is -1.02. The Morgan fingerprint density at radius 3 is 2.45 bits per heavy atom. The van der Waals surface area contributed by atoms with Gasteiger partial charge in [0.15, 0.2) is 5.78 Å². The van der Waals surface area contributed by atoms with E-state index < -0.39 is 16.2 Å². The van der Waals surface area contributed by atoms with E-state index in [1.807, 2.05) is 0 Å². The molecular formula is C15H17BrO4. The van der Waals surface area contributed by atoms with Crippen molar-refractivity contribution in [1.29, 1.82) is 0 Å². The normalized spacial score (nSPS) is 26.2. The van der Waals surface area contributed by atoms with Crippen molar-refractivity contribution >= 4 is 27.7 Å². The SMILES string of the molecule is O=C(O)C1CCCCC1(Br)C(=O)c1ccc(CO)cc1. The van der Waals surface area contributed by atoms with Crippen molar-refractivity contribution in [2.45, 2.75) is 36.6 Å². The van der Waals surface area contributed by atoms with Crippen LogP contribution in [0.25, 0.3) is 0 Å². The summed E-state index contributed by atoms with van der Waals surface area (Å²) in [6, 6.07) is 6.65. The molecule has 108 valence electrons. The second kappa shape index (κ2) is 6.06. The van der Waals surface area contributed by atoms with Crippen LogP contribution in [-0.4, -0.2) is 26.3 Å². The quantitative estimate of drug-likeness (QED) is 0.652. The first-order chi connectivity index (χ1) is 9.49. The number of alkyl halides is 1. The number of aliphatic hydroxyl groups is 1. The van der Waals surface area contributed by atoms with E-state index in [2.05, 4.69) is 15.9 Å². The molecule has 1 saturated carbocycles. The minimum absolute atomic E-state index is 0.0777. The van der Waals surface area contributed by atoms with Crippen LogP contribution in [0.4, 0.5) is 0 Å². The summed E-state index contributed by atoms with van der Waals surface area (Å²) in [6.07, 6.45) is 2.72. The van der Waals surface area contributed by atoms with Crippen LogP contribution < -0.4 is 0 Å².